The number of primary amides is 1. The molecule has 4 nitrogen and oxygen atoms in total. The third-order valence-electron chi connectivity index (χ3n) is 4.16. The number of hydrogen-bond acceptors (Lipinski definition) is 2. The van der Waals surface area contributed by atoms with Crippen molar-refractivity contribution < 1.29 is 18.0 Å². The number of carbonyl (C=O) groups excluding carboxylic acids is 1. The number of benzene rings is 2. The predicted octanol–water partition coefficient (Wildman–Crippen LogP) is 4.65. The van der Waals surface area contributed by atoms with Crippen LogP contribution >= 0.6 is 0 Å². The zero-order chi connectivity index (χ0) is 18.9. The molecule has 0 radical (unpaired) electrons. The average Bonchev–Trinajstić information content (AvgIpc) is 2.59. The van der Waals surface area contributed by atoms with Gasteiger partial charge in [-0.1, -0.05) is 24.3 Å². The zero-order valence-corrected chi connectivity index (χ0v) is 13.9. The highest BCUT2D eigenvalue weighted by atomic mass is 19.4. The first-order chi connectivity index (χ1) is 12.3. The molecule has 0 saturated carbocycles. The van der Waals surface area contributed by atoms with Gasteiger partial charge >= 0.3 is 12.2 Å². The molecule has 1 heterocycles. The number of urea groups is 1. The molecule has 7 heteroatoms. The van der Waals surface area contributed by atoms with Gasteiger partial charge in [-0.2, -0.15) is 13.2 Å². The molecule has 0 unspecified atom stereocenters. The summed E-state index contributed by atoms with van der Waals surface area (Å²) < 4.78 is 38.1. The van der Waals surface area contributed by atoms with Crippen molar-refractivity contribution in [1.29, 1.82) is 0 Å². The lowest BCUT2D eigenvalue weighted by Gasteiger charge is -2.23. The van der Waals surface area contributed by atoms with Crippen molar-refractivity contribution in [2.24, 2.45) is 5.73 Å². The maximum absolute atomic E-state index is 12.7. The fraction of sp³-hybridized carbons (Fsp3) is 0.158. The Morgan fingerprint density at radius 1 is 1.08 bits per heavy atom. The predicted molar refractivity (Wildman–Crippen MR) is 93.7 cm³/mol. The number of nitrogens with two attached hydrogens (primary N) is 1. The first-order valence-electron chi connectivity index (χ1n) is 7.85. The number of rotatable bonds is 3. The van der Waals surface area contributed by atoms with E-state index in [2.05, 4.69) is 4.98 Å². The molecule has 0 atom stereocenters. The van der Waals surface area contributed by atoms with Crippen molar-refractivity contribution in [1.82, 2.24) is 4.98 Å². The third kappa shape index (κ3) is 3.46. The van der Waals surface area contributed by atoms with Gasteiger partial charge < -0.3 is 5.73 Å². The van der Waals surface area contributed by atoms with Crippen molar-refractivity contribution in [2.75, 3.05) is 4.90 Å². The molecule has 134 valence electrons. The van der Waals surface area contributed by atoms with E-state index < -0.39 is 17.8 Å². The lowest BCUT2D eigenvalue weighted by Crippen LogP contribution is -2.35. The Balaban J connectivity index is 1.99. The molecule has 0 aliphatic carbocycles. The lowest BCUT2D eigenvalue weighted by atomic mass is 10.1. The number of nitrogens with zero attached hydrogens (tertiary/aromatic N) is 2. The van der Waals surface area contributed by atoms with Crippen LogP contribution in [0.25, 0.3) is 10.8 Å². The summed E-state index contributed by atoms with van der Waals surface area (Å²) in [5.74, 6) is 0. The standard InChI is InChI=1S/C19H16F3N3O/c1-12-15-3-2-4-17(16(15)9-10-24-12)25(18(23)26)11-13-5-7-14(8-6-13)19(20,21)22/h2-10H,11H2,1H3,(H2,23,26). The number of hydrogen-bond donors (Lipinski definition) is 1. The van der Waals surface area contributed by atoms with Crippen LogP contribution in [0.2, 0.25) is 0 Å². The summed E-state index contributed by atoms with van der Waals surface area (Å²) in [7, 11) is 0. The minimum Gasteiger partial charge on any atom is -0.351 e. The fourth-order valence-electron chi connectivity index (χ4n) is 2.84. The van der Waals surface area contributed by atoms with Crippen LogP contribution in [0.1, 0.15) is 16.8 Å². The minimum absolute atomic E-state index is 0.0634. The number of amides is 2. The van der Waals surface area contributed by atoms with Gasteiger partial charge in [0, 0.05) is 22.7 Å². The molecule has 0 saturated heterocycles. The summed E-state index contributed by atoms with van der Waals surface area (Å²) in [5.41, 5.74) is 6.73. The van der Waals surface area contributed by atoms with Gasteiger partial charge in [-0.15, -0.1) is 0 Å². The molecule has 2 N–H and O–H groups in total. The number of fused-ring (bicyclic) bond motifs is 1. The molecule has 0 spiro atoms. The van der Waals surface area contributed by atoms with E-state index in [1.54, 1.807) is 24.4 Å². The smallest absolute Gasteiger partial charge is 0.351 e. The lowest BCUT2D eigenvalue weighted by molar-refractivity contribution is -0.137. The number of aromatic nitrogens is 1. The Bertz CT molecular complexity index is 952. The monoisotopic (exact) mass is 359 g/mol. The molecule has 0 bridgehead atoms. The molecular weight excluding hydrogens is 343 g/mol. The van der Waals surface area contributed by atoms with Gasteiger partial charge in [0.25, 0.3) is 0 Å². The molecule has 3 aromatic rings. The number of aryl methyl sites for hydroxylation is 1. The topological polar surface area (TPSA) is 59.2 Å². The van der Waals surface area contributed by atoms with Gasteiger partial charge in [0.1, 0.15) is 0 Å². The highest BCUT2D eigenvalue weighted by molar-refractivity contribution is 6.03. The Kier molecular flexibility index (Phi) is 4.54. The van der Waals surface area contributed by atoms with E-state index in [0.29, 0.717) is 11.3 Å². The van der Waals surface area contributed by atoms with Crippen molar-refractivity contribution in [3.8, 4) is 0 Å². The van der Waals surface area contributed by atoms with Crippen LogP contribution in [-0.2, 0) is 12.7 Å². The quantitative estimate of drug-likeness (QED) is 0.740. The molecule has 2 amide bonds. The van der Waals surface area contributed by atoms with E-state index in [0.717, 1.165) is 28.6 Å². The maximum Gasteiger partial charge on any atom is 0.416 e. The zero-order valence-electron chi connectivity index (χ0n) is 13.9. The van der Waals surface area contributed by atoms with Crippen molar-refractivity contribution in [2.45, 2.75) is 19.6 Å². The largest absolute Gasteiger partial charge is 0.416 e. The number of halogens is 3. The Hall–Kier alpha value is -3.09. The van der Waals surface area contributed by atoms with E-state index in [9.17, 15) is 18.0 Å². The molecular formula is C19H16F3N3O. The van der Waals surface area contributed by atoms with Gasteiger partial charge in [-0.05, 0) is 36.8 Å². The SMILES string of the molecule is Cc1nccc2c(N(Cc3ccc(C(F)(F)F)cc3)C(N)=O)cccc12. The van der Waals surface area contributed by atoms with Crippen LogP contribution in [-0.4, -0.2) is 11.0 Å². The average molecular weight is 359 g/mol. The first-order valence-corrected chi connectivity index (χ1v) is 7.85. The summed E-state index contributed by atoms with van der Waals surface area (Å²) in [4.78, 5) is 17.6. The highest BCUT2D eigenvalue weighted by Gasteiger charge is 2.30. The van der Waals surface area contributed by atoms with Crippen LogP contribution in [0.15, 0.2) is 54.7 Å². The summed E-state index contributed by atoms with van der Waals surface area (Å²) >= 11 is 0. The van der Waals surface area contributed by atoms with Crippen LogP contribution in [0.4, 0.5) is 23.7 Å². The Morgan fingerprint density at radius 2 is 1.77 bits per heavy atom. The second-order valence-electron chi connectivity index (χ2n) is 5.89. The van der Waals surface area contributed by atoms with Gasteiger partial charge in [0.05, 0.1) is 17.8 Å². The van der Waals surface area contributed by atoms with E-state index in [-0.39, 0.29) is 6.54 Å². The molecule has 0 aliphatic heterocycles. The minimum atomic E-state index is -4.40. The van der Waals surface area contributed by atoms with Crippen LogP contribution in [0.3, 0.4) is 0 Å². The summed E-state index contributed by atoms with van der Waals surface area (Å²) in [5, 5.41) is 1.68. The van der Waals surface area contributed by atoms with E-state index in [1.165, 1.54) is 17.0 Å². The van der Waals surface area contributed by atoms with Crippen LogP contribution < -0.4 is 10.6 Å². The fourth-order valence-corrected chi connectivity index (χ4v) is 2.84. The number of carbonyl (C=O) groups is 1. The second kappa shape index (κ2) is 6.67. The number of alkyl halides is 3. The normalized spacial score (nSPS) is 11.5. The van der Waals surface area contributed by atoms with Gasteiger partial charge in [0.15, 0.2) is 0 Å². The molecule has 1 aromatic heterocycles. The molecule has 26 heavy (non-hydrogen) atoms. The van der Waals surface area contributed by atoms with Crippen molar-refractivity contribution >= 4 is 22.5 Å². The molecule has 2 aromatic carbocycles. The molecule has 3 rings (SSSR count). The second-order valence-corrected chi connectivity index (χ2v) is 5.89. The molecule has 0 aliphatic rings. The molecule has 0 fully saturated rings. The summed E-state index contributed by atoms with van der Waals surface area (Å²) in [6, 6.07) is 11.2. The maximum atomic E-state index is 12.7. The Labute approximate surface area is 148 Å². The van der Waals surface area contributed by atoms with Crippen LogP contribution in [0.5, 0.6) is 0 Å². The van der Waals surface area contributed by atoms with Crippen molar-refractivity contribution in [3.63, 3.8) is 0 Å². The van der Waals surface area contributed by atoms with E-state index in [1.807, 2.05) is 13.0 Å². The summed E-state index contributed by atoms with van der Waals surface area (Å²) in [6.07, 6.45) is -2.76. The van der Waals surface area contributed by atoms with E-state index >= 15 is 0 Å². The third-order valence-corrected chi connectivity index (χ3v) is 4.16. The first kappa shape index (κ1) is 17.7. The number of anilines is 1. The van der Waals surface area contributed by atoms with Crippen LogP contribution in [0, 0.1) is 6.92 Å². The van der Waals surface area contributed by atoms with E-state index in [4.69, 9.17) is 5.73 Å². The highest BCUT2D eigenvalue weighted by Crippen LogP contribution is 2.31. The van der Waals surface area contributed by atoms with Crippen molar-refractivity contribution in [3.05, 3.63) is 71.5 Å². The Morgan fingerprint density at radius 3 is 2.38 bits per heavy atom. The van der Waals surface area contributed by atoms with Gasteiger partial charge in [-0.3, -0.25) is 9.88 Å². The van der Waals surface area contributed by atoms with Gasteiger partial charge in [0.2, 0.25) is 0 Å². The number of pyridine rings is 1. The van der Waals surface area contributed by atoms with Gasteiger partial charge in [-0.25, -0.2) is 4.79 Å². The summed E-state index contributed by atoms with van der Waals surface area (Å²) in [6.45, 7) is 1.92.